The normalized spacial score (nSPS) is 19.1. The van der Waals surface area contributed by atoms with Crippen molar-refractivity contribution in [2.45, 2.75) is 25.0 Å². The van der Waals surface area contributed by atoms with Crippen LogP contribution in [0.1, 0.15) is 17.5 Å². The molecule has 3 aliphatic heterocycles. The van der Waals surface area contributed by atoms with Crippen molar-refractivity contribution in [2.24, 2.45) is 0 Å². The lowest BCUT2D eigenvalue weighted by Crippen LogP contribution is -2.68. The molecular formula is C24H24FN7O3. The minimum atomic E-state index is -0.721. The van der Waals surface area contributed by atoms with Gasteiger partial charge in [-0.15, -0.1) is 0 Å². The molecule has 3 fully saturated rings. The van der Waals surface area contributed by atoms with Crippen molar-refractivity contribution in [3.05, 3.63) is 58.1 Å². The summed E-state index contributed by atoms with van der Waals surface area (Å²) in [5.74, 6) is 1.44. The minimum absolute atomic E-state index is 0.131. The highest BCUT2D eigenvalue weighted by Gasteiger charge is 2.44. The standard InChI is InChI=1S/C24H24FN7O3/c1-34-21-5-2-15(10-28-21)12-32-17-8-18(32)14-31(13-17)20-4-3-16(11-27-20)22-19(9-26)23(33)30-24(29-22)35-7-6-25/h2-5,10-11,17-18H,6-8,12-14H2,1H3,(H,29,30,33). The second-order valence-corrected chi connectivity index (χ2v) is 8.48. The molecule has 3 aromatic heterocycles. The van der Waals surface area contributed by atoms with Crippen LogP contribution in [-0.4, -0.2) is 70.4 Å². The molecule has 1 N–H and O–H groups in total. The Hall–Kier alpha value is -4.04. The Balaban J connectivity index is 1.28. The van der Waals surface area contributed by atoms with Gasteiger partial charge in [0.15, 0.2) is 0 Å². The van der Waals surface area contributed by atoms with E-state index in [0.717, 1.165) is 37.4 Å². The van der Waals surface area contributed by atoms with Crippen LogP contribution in [-0.2, 0) is 6.54 Å². The Morgan fingerprint density at radius 3 is 2.66 bits per heavy atom. The van der Waals surface area contributed by atoms with Crippen LogP contribution in [0.5, 0.6) is 11.9 Å². The fourth-order valence-electron chi connectivity index (χ4n) is 4.65. The van der Waals surface area contributed by atoms with Crippen LogP contribution in [0.3, 0.4) is 0 Å². The fraction of sp³-hybridized carbons (Fsp3) is 0.375. The van der Waals surface area contributed by atoms with Crippen molar-refractivity contribution < 1.29 is 13.9 Å². The maximum Gasteiger partial charge on any atom is 0.297 e. The second kappa shape index (κ2) is 9.68. The van der Waals surface area contributed by atoms with Gasteiger partial charge in [-0.3, -0.25) is 14.7 Å². The topological polar surface area (TPSA) is 120 Å². The number of alkyl halides is 1. The first-order valence-corrected chi connectivity index (χ1v) is 11.3. The van der Waals surface area contributed by atoms with Crippen molar-refractivity contribution in [1.29, 1.82) is 5.26 Å². The number of nitriles is 1. The zero-order chi connectivity index (χ0) is 24.4. The van der Waals surface area contributed by atoms with Gasteiger partial charge in [-0.1, -0.05) is 6.07 Å². The summed E-state index contributed by atoms with van der Waals surface area (Å²) in [6.45, 7) is 1.61. The summed E-state index contributed by atoms with van der Waals surface area (Å²) >= 11 is 0. The van der Waals surface area contributed by atoms with E-state index in [1.807, 2.05) is 30.5 Å². The molecule has 0 aliphatic carbocycles. The summed E-state index contributed by atoms with van der Waals surface area (Å²) in [5, 5.41) is 9.42. The molecule has 2 atom stereocenters. The molecule has 3 aliphatic rings. The SMILES string of the molecule is COc1ccc(CN2C3CC2CN(c2ccc(-c4nc(OCCF)[nH]c(=O)c4C#N)cn2)C3)cn1. The molecule has 2 bridgehead atoms. The number of methoxy groups -OCH3 is 1. The highest BCUT2D eigenvalue weighted by molar-refractivity contribution is 5.66. The largest absolute Gasteiger partial charge is 0.481 e. The van der Waals surface area contributed by atoms with Crippen LogP contribution < -0.4 is 19.9 Å². The lowest BCUT2D eigenvalue weighted by Gasteiger charge is -2.56. The van der Waals surface area contributed by atoms with E-state index in [-0.39, 0.29) is 23.9 Å². The number of H-pyrrole nitrogens is 1. The van der Waals surface area contributed by atoms with E-state index in [2.05, 4.69) is 29.7 Å². The van der Waals surface area contributed by atoms with E-state index in [9.17, 15) is 14.4 Å². The molecule has 3 saturated heterocycles. The summed E-state index contributed by atoms with van der Waals surface area (Å²) in [4.78, 5) is 32.4. The Bertz CT molecular complexity index is 1280. The van der Waals surface area contributed by atoms with Crippen molar-refractivity contribution in [3.8, 4) is 29.2 Å². The summed E-state index contributed by atoms with van der Waals surface area (Å²) < 4.78 is 22.7. The Labute approximate surface area is 201 Å². The molecule has 11 heteroatoms. The van der Waals surface area contributed by atoms with Gasteiger partial charge in [-0.25, -0.2) is 14.4 Å². The molecule has 35 heavy (non-hydrogen) atoms. The summed E-state index contributed by atoms with van der Waals surface area (Å²) in [5.41, 5.74) is 1.04. The number of ether oxygens (including phenoxy) is 2. The van der Waals surface area contributed by atoms with Crippen LogP contribution in [0.2, 0.25) is 0 Å². The fourth-order valence-corrected chi connectivity index (χ4v) is 4.65. The number of aromatic amines is 1. The van der Waals surface area contributed by atoms with Gasteiger partial charge in [0.25, 0.3) is 11.6 Å². The van der Waals surface area contributed by atoms with Crippen molar-refractivity contribution >= 4 is 5.82 Å². The lowest BCUT2D eigenvalue weighted by atomic mass is 9.87. The number of halogens is 1. The number of pyridine rings is 2. The average Bonchev–Trinajstić information content (AvgIpc) is 2.90. The van der Waals surface area contributed by atoms with Gasteiger partial charge in [-0.05, 0) is 24.1 Å². The number of anilines is 1. The van der Waals surface area contributed by atoms with Gasteiger partial charge < -0.3 is 14.4 Å². The van der Waals surface area contributed by atoms with Gasteiger partial charge in [0.05, 0.1) is 7.11 Å². The smallest absolute Gasteiger partial charge is 0.297 e. The number of piperazine rings is 1. The van der Waals surface area contributed by atoms with E-state index < -0.39 is 12.2 Å². The van der Waals surface area contributed by atoms with Gasteiger partial charge in [0.1, 0.15) is 36.4 Å². The maximum absolute atomic E-state index is 12.4. The van der Waals surface area contributed by atoms with E-state index in [4.69, 9.17) is 9.47 Å². The van der Waals surface area contributed by atoms with Gasteiger partial charge in [-0.2, -0.15) is 10.2 Å². The number of fused-ring (bicyclic) bond motifs is 2. The Morgan fingerprint density at radius 2 is 2.03 bits per heavy atom. The monoisotopic (exact) mass is 477 g/mol. The van der Waals surface area contributed by atoms with E-state index >= 15 is 0 Å². The van der Waals surface area contributed by atoms with Crippen molar-refractivity contribution in [1.82, 2.24) is 24.8 Å². The van der Waals surface area contributed by atoms with Crippen LogP contribution in [0.15, 0.2) is 41.5 Å². The summed E-state index contributed by atoms with van der Waals surface area (Å²) in [6.07, 6.45) is 4.61. The van der Waals surface area contributed by atoms with Gasteiger partial charge in [0, 0.05) is 55.7 Å². The zero-order valence-corrected chi connectivity index (χ0v) is 19.1. The second-order valence-electron chi connectivity index (χ2n) is 8.48. The van der Waals surface area contributed by atoms with E-state index in [1.165, 1.54) is 0 Å². The third-order valence-corrected chi connectivity index (χ3v) is 6.39. The van der Waals surface area contributed by atoms with E-state index in [1.54, 1.807) is 19.4 Å². The predicted octanol–water partition coefficient (Wildman–Crippen LogP) is 1.92. The molecule has 0 aromatic carbocycles. The van der Waals surface area contributed by atoms with Crippen LogP contribution in [0.4, 0.5) is 10.2 Å². The third kappa shape index (κ3) is 4.52. The van der Waals surface area contributed by atoms with Crippen LogP contribution >= 0.6 is 0 Å². The lowest BCUT2D eigenvalue weighted by molar-refractivity contribution is -0.00876. The van der Waals surface area contributed by atoms with Crippen molar-refractivity contribution in [3.63, 3.8) is 0 Å². The molecule has 0 amide bonds. The third-order valence-electron chi connectivity index (χ3n) is 6.39. The number of rotatable bonds is 8. The zero-order valence-electron chi connectivity index (χ0n) is 19.1. The molecule has 3 aromatic rings. The molecule has 6 rings (SSSR count). The number of hydrogen-bond donors (Lipinski definition) is 1. The molecule has 0 radical (unpaired) electrons. The molecular weight excluding hydrogens is 453 g/mol. The molecule has 2 unspecified atom stereocenters. The Kier molecular flexibility index (Phi) is 6.29. The first-order valence-electron chi connectivity index (χ1n) is 11.3. The number of piperidine rings is 1. The molecule has 6 heterocycles. The first kappa shape index (κ1) is 22.7. The summed E-state index contributed by atoms with van der Waals surface area (Å²) in [7, 11) is 1.61. The molecule has 0 saturated carbocycles. The van der Waals surface area contributed by atoms with Crippen LogP contribution in [0.25, 0.3) is 11.3 Å². The van der Waals surface area contributed by atoms with Gasteiger partial charge >= 0.3 is 0 Å². The van der Waals surface area contributed by atoms with E-state index in [0.29, 0.717) is 23.5 Å². The van der Waals surface area contributed by atoms with Crippen LogP contribution in [0, 0.1) is 11.3 Å². The first-order chi connectivity index (χ1) is 17.1. The summed E-state index contributed by atoms with van der Waals surface area (Å²) in [6, 6.07) is 10.2. The highest BCUT2D eigenvalue weighted by Crippen LogP contribution is 2.35. The molecule has 180 valence electrons. The quantitative estimate of drug-likeness (QED) is 0.519. The Morgan fingerprint density at radius 1 is 1.20 bits per heavy atom. The van der Waals surface area contributed by atoms with Crippen molar-refractivity contribution in [2.75, 3.05) is 38.4 Å². The number of nitrogens with zero attached hydrogens (tertiary/aromatic N) is 6. The number of hydrogen-bond acceptors (Lipinski definition) is 9. The highest BCUT2D eigenvalue weighted by atomic mass is 19.1. The number of nitrogens with one attached hydrogen (secondary N) is 1. The van der Waals surface area contributed by atoms with Gasteiger partial charge in [0.2, 0.25) is 5.88 Å². The molecule has 0 spiro atoms. The average molecular weight is 478 g/mol. The molecule has 10 nitrogen and oxygen atoms in total. The maximum atomic E-state index is 12.4. The predicted molar refractivity (Wildman–Crippen MR) is 125 cm³/mol. The minimum Gasteiger partial charge on any atom is -0.481 e. The number of aromatic nitrogens is 4.